The predicted octanol–water partition coefficient (Wildman–Crippen LogP) is 1.93. The molecule has 1 aromatic heterocycles. The van der Waals surface area contributed by atoms with Crippen LogP contribution in [-0.4, -0.2) is 21.0 Å². The fourth-order valence-electron chi connectivity index (χ4n) is 1.37. The van der Waals surface area contributed by atoms with Crippen LogP contribution in [0.15, 0.2) is 36.7 Å². The van der Waals surface area contributed by atoms with Gasteiger partial charge in [0.15, 0.2) is 5.69 Å². The molecule has 92 valence electrons. The van der Waals surface area contributed by atoms with E-state index in [0.29, 0.717) is 12.4 Å². The van der Waals surface area contributed by atoms with Crippen LogP contribution in [0.2, 0.25) is 0 Å². The van der Waals surface area contributed by atoms with E-state index in [1.54, 1.807) is 12.1 Å². The molecule has 0 bridgehead atoms. The molecule has 0 aliphatic rings. The summed E-state index contributed by atoms with van der Waals surface area (Å²) in [7, 11) is 0. The number of aromatic nitrogens is 2. The minimum atomic E-state index is -1.13. The van der Waals surface area contributed by atoms with Crippen LogP contribution in [0.4, 0.5) is 10.2 Å². The van der Waals surface area contributed by atoms with Crippen molar-refractivity contribution in [2.45, 2.75) is 6.54 Å². The van der Waals surface area contributed by atoms with E-state index in [1.807, 2.05) is 0 Å². The number of carboxylic acid groups (broad SMARTS) is 1. The van der Waals surface area contributed by atoms with Crippen molar-refractivity contribution >= 4 is 11.8 Å². The third-order valence-electron chi connectivity index (χ3n) is 2.23. The van der Waals surface area contributed by atoms with E-state index in [0.717, 1.165) is 11.8 Å². The molecule has 0 radical (unpaired) electrons. The highest BCUT2D eigenvalue weighted by molar-refractivity contribution is 5.84. The molecule has 5 nitrogen and oxygen atoms in total. The molecule has 2 rings (SSSR count). The van der Waals surface area contributed by atoms with Crippen molar-refractivity contribution in [2.24, 2.45) is 0 Å². The largest absolute Gasteiger partial charge is 0.476 e. The minimum absolute atomic E-state index is 0.119. The average molecular weight is 247 g/mol. The molecular weight excluding hydrogens is 237 g/mol. The van der Waals surface area contributed by atoms with Crippen molar-refractivity contribution in [2.75, 3.05) is 5.32 Å². The van der Waals surface area contributed by atoms with Crippen molar-refractivity contribution in [1.82, 2.24) is 9.97 Å². The van der Waals surface area contributed by atoms with Gasteiger partial charge in [0.2, 0.25) is 0 Å². The van der Waals surface area contributed by atoms with Crippen molar-refractivity contribution < 1.29 is 14.3 Å². The molecule has 0 spiro atoms. The zero-order chi connectivity index (χ0) is 13.0. The molecule has 1 heterocycles. The number of aromatic carboxylic acids is 1. The highest BCUT2D eigenvalue weighted by Crippen LogP contribution is 2.07. The topological polar surface area (TPSA) is 75.1 Å². The van der Waals surface area contributed by atoms with E-state index in [1.165, 1.54) is 18.3 Å². The normalized spacial score (nSPS) is 10.1. The minimum Gasteiger partial charge on any atom is -0.476 e. The van der Waals surface area contributed by atoms with Crippen LogP contribution >= 0.6 is 0 Å². The van der Waals surface area contributed by atoms with Gasteiger partial charge in [0.1, 0.15) is 11.6 Å². The average Bonchev–Trinajstić information content (AvgIpc) is 2.37. The standard InChI is InChI=1S/C12H10FN3O2/c13-9-3-1-2-8(4-9)5-15-11-7-14-10(6-16-11)12(17)18/h1-4,6-7H,5H2,(H,15,16)(H,17,18). The van der Waals surface area contributed by atoms with Gasteiger partial charge in [-0.15, -0.1) is 0 Å². The lowest BCUT2D eigenvalue weighted by Gasteiger charge is -2.05. The maximum Gasteiger partial charge on any atom is 0.356 e. The first-order valence-electron chi connectivity index (χ1n) is 5.19. The second kappa shape index (κ2) is 5.22. The third kappa shape index (κ3) is 3.00. The summed E-state index contributed by atoms with van der Waals surface area (Å²) in [6.45, 7) is 0.388. The number of nitrogens with zero attached hydrogens (tertiary/aromatic N) is 2. The van der Waals surface area contributed by atoms with Gasteiger partial charge in [0, 0.05) is 6.54 Å². The summed E-state index contributed by atoms with van der Waals surface area (Å²) in [5.74, 6) is -0.995. The molecule has 0 saturated carbocycles. The summed E-state index contributed by atoms with van der Waals surface area (Å²) in [6, 6.07) is 6.16. The third-order valence-corrected chi connectivity index (χ3v) is 2.23. The number of carboxylic acids is 1. The Kier molecular flexibility index (Phi) is 3.47. The Bertz CT molecular complexity index is 558. The van der Waals surface area contributed by atoms with Crippen LogP contribution in [0.5, 0.6) is 0 Å². The summed E-state index contributed by atoms with van der Waals surface area (Å²) in [5.41, 5.74) is 0.644. The summed E-state index contributed by atoms with van der Waals surface area (Å²) in [5, 5.41) is 11.6. The summed E-state index contributed by atoms with van der Waals surface area (Å²) in [4.78, 5) is 18.2. The lowest BCUT2D eigenvalue weighted by Crippen LogP contribution is -2.05. The number of benzene rings is 1. The van der Waals surface area contributed by atoms with Crippen LogP contribution in [0.25, 0.3) is 0 Å². The van der Waals surface area contributed by atoms with Gasteiger partial charge in [-0.3, -0.25) is 0 Å². The lowest BCUT2D eigenvalue weighted by molar-refractivity contribution is 0.0690. The lowest BCUT2D eigenvalue weighted by atomic mass is 10.2. The molecule has 18 heavy (non-hydrogen) atoms. The van der Waals surface area contributed by atoms with E-state index < -0.39 is 5.97 Å². The van der Waals surface area contributed by atoms with Crippen molar-refractivity contribution in [1.29, 1.82) is 0 Å². The van der Waals surface area contributed by atoms with Gasteiger partial charge in [-0.1, -0.05) is 12.1 Å². The van der Waals surface area contributed by atoms with Gasteiger partial charge < -0.3 is 10.4 Å². The number of nitrogens with one attached hydrogen (secondary N) is 1. The highest BCUT2D eigenvalue weighted by Gasteiger charge is 2.04. The van der Waals surface area contributed by atoms with Crippen molar-refractivity contribution in [3.8, 4) is 0 Å². The van der Waals surface area contributed by atoms with Gasteiger partial charge in [0.25, 0.3) is 0 Å². The highest BCUT2D eigenvalue weighted by atomic mass is 19.1. The van der Waals surface area contributed by atoms with E-state index in [9.17, 15) is 9.18 Å². The Morgan fingerprint density at radius 3 is 2.78 bits per heavy atom. The number of anilines is 1. The number of halogens is 1. The molecule has 0 saturated heterocycles. The van der Waals surface area contributed by atoms with E-state index in [-0.39, 0.29) is 11.5 Å². The molecule has 0 aliphatic carbocycles. The Labute approximate surface area is 102 Å². The summed E-state index contributed by atoms with van der Waals surface area (Å²) < 4.78 is 12.9. The van der Waals surface area contributed by atoms with Crippen molar-refractivity contribution in [3.63, 3.8) is 0 Å². The molecular formula is C12H10FN3O2. The predicted molar refractivity (Wildman–Crippen MR) is 62.7 cm³/mol. The van der Waals surface area contributed by atoms with Crippen LogP contribution < -0.4 is 5.32 Å². The van der Waals surface area contributed by atoms with Gasteiger partial charge in [0.05, 0.1) is 12.4 Å². The fraction of sp³-hybridized carbons (Fsp3) is 0.0833. The van der Waals surface area contributed by atoms with Crippen molar-refractivity contribution in [3.05, 3.63) is 53.7 Å². The van der Waals surface area contributed by atoms with Gasteiger partial charge >= 0.3 is 5.97 Å². The fourth-order valence-corrected chi connectivity index (χ4v) is 1.37. The zero-order valence-corrected chi connectivity index (χ0v) is 9.30. The SMILES string of the molecule is O=C(O)c1cnc(NCc2cccc(F)c2)cn1. The maximum atomic E-state index is 12.9. The first-order valence-corrected chi connectivity index (χ1v) is 5.19. The van der Waals surface area contributed by atoms with Gasteiger partial charge in [-0.05, 0) is 17.7 Å². The Hall–Kier alpha value is -2.50. The van der Waals surface area contributed by atoms with Gasteiger partial charge in [-0.25, -0.2) is 19.2 Å². The number of rotatable bonds is 4. The van der Waals surface area contributed by atoms with Gasteiger partial charge in [-0.2, -0.15) is 0 Å². The Balaban J connectivity index is 2.00. The molecule has 2 N–H and O–H groups in total. The number of hydrogen-bond donors (Lipinski definition) is 2. The first kappa shape index (κ1) is 12.0. The number of hydrogen-bond acceptors (Lipinski definition) is 4. The second-order valence-corrected chi connectivity index (χ2v) is 3.58. The van der Waals surface area contributed by atoms with Crippen LogP contribution in [0.3, 0.4) is 0 Å². The van der Waals surface area contributed by atoms with E-state index in [4.69, 9.17) is 5.11 Å². The Morgan fingerprint density at radius 1 is 1.33 bits per heavy atom. The molecule has 0 aliphatic heterocycles. The van der Waals surface area contributed by atoms with Crippen LogP contribution in [0.1, 0.15) is 16.1 Å². The first-order chi connectivity index (χ1) is 8.65. The molecule has 6 heteroatoms. The summed E-state index contributed by atoms with van der Waals surface area (Å²) >= 11 is 0. The molecule has 0 amide bonds. The van der Waals surface area contributed by atoms with Crippen LogP contribution in [-0.2, 0) is 6.54 Å². The van der Waals surface area contributed by atoms with Crippen LogP contribution in [0, 0.1) is 5.82 Å². The van der Waals surface area contributed by atoms with E-state index in [2.05, 4.69) is 15.3 Å². The van der Waals surface area contributed by atoms with E-state index >= 15 is 0 Å². The maximum absolute atomic E-state index is 12.9. The monoisotopic (exact) mass is 247 g/mol. The number of carbonyl (C=O) groups is 1. The molecule has 0 unspecified atom stereocenters. The Morgan fingerprint density at radius 2 is 2.17 bits per heavy atom. The summed E-state index contributed by atoms with van der Waals surface area (Å²) in [6.07, 6.45) is 2.49. The quantitative estimate of drug-likeness (QED) is 0.863. The molecule has 2 aromatic rings. The molecule has 0 atom stereocenters. The second-order valence-electron chi connectivity index (χ2n) is 3.58. The zero-order valence-electron chi connectivity index (χ0n) is 9.30. The molecule has 0 fully saturated rings. The smallest absolute Gasteiger partial charge is 0.356 e. The molecule has 1 aromatic carbocycles.